The molecule has 0 unspecified atom stereocenters. The molecule has 0 aromatic heterocycles. The summed E-state index contributed by atoms with van der Waals surface area (Å²) in [6, 6.07) is -3.04. The maximum Gasteiger partial charge on any atom is 0.397 e. The van der Waals surface area contributed by atoms with E-state index in [2.05, 4.69) is 14.8 Å². The minimum Gasteiger partial charge on any atom is -0.394 e. The van der Waals surface area contributed by atoms with Crippen LogP contribution in [0, 0.1) is 0 Å². The van der Waals surface area contributed by atoms with Crippen LogP contribution in [0.15, 0.2) is 0 Å². The molecule has 0 bridgehead atoms. The van der Waals surface area contributed by atoms with E-state index < -0.39 is 134 Å². The van der Waals surface area contributed by atoms with Crippen LogP contribution in [0.4, 0.5) is 0 Å². The highest BCUT2D eigenvalue weighted by molar-refractivity contribution is 7.80. The van der Waals surface area contributed by atoms with Gasteiger partial charge in [-0.1, -0.05) is 0 Å². The average Bonchev–Trinajstić information content (AvgIpc) is 2.93. The van der Waals surface area contributed by atoms with Crippen LogP contribution in [-0.2, 0) is 47.9 Å². The fraction of sp³-hybridized carbons (Fsp3) is 0.909. The molecule has 22 heteroatoms. The van der Waals surface area contributed by atoms with E-state index in [0.29, 0.717) is 0 Å². The van der Waals surface area contributed by atoms with Crippen LogP contribution in [-0.4, -0.2) is 177 Å². The van der Waals surface area contributed by atoms with Gasteiger partial charge in [0, 0.05) is 13.8 Å². The first-order valence-corrected chi connectivity index (χ1v) is 14.6. The summed E-state index contributed by atoms with van der Waals surface area (Å²) in [4.78, 5) is 23.8. The Hall–Kier alpha value is -1.71. The normalized spacial score (nSPS) is 43.3. The summed E-state index contributed by atoms with van der Waals surface area (Å²) in [7, 11) is -5.01. The molecule has 0 radical (unpaired) electrons. The number of ether oxygens (including phenoxy) is 5. The molecule has 0 spiro atoms. The van der Waals surface area contributed by atoms with Gasteiger partial charge in [-0.2, -0.15) is 8.42 Å². The lowest BCUT2D eigenvalue weighted by atomic mass is 9.94. The van der Waals surface area contributed by atoms with Crippen LogP contribution in [0.25, 0.3) is 0 Å². The summed E-state index contributed by atoms with van der Waals surface area (Å²) < 4.78 is 62.4. The Labute approximate surface area is 250 Å². The Balaban J connectivity index is 1.87. The molecule has 3 fully saturated rings. The van der Waals surface area contributed by atoms with E-state index >= 15 is 0 Å². The average molecular weight is 667 g/mol. The number of rotatable bonds is 11. The minimum atomic E-state index is -5.01. The maximum atomic E-state index is 12.1. The molecule has 2 amide bonds. The molecule has 256 valence electrons. The molecule has 3 saturated heterocycles. The minimum absolute atomic E-state index is 0.677. The number of carbonyl (C=O) groups is 2. The van der Waals surface area contributed by atoms with E-state index in [9.17, 15) is 58.9 Å². The van der Waals surface area contributed by atoms with Crippen molar-refractivity contribution in [2.75, 3.05) is 19.8 Å². The molecule has 44 heavy (non-hydrogen) atoms. The highest BCUT2D eigenvalue weighted by Crippen LogP contribution is 2.32. The van der Waals surface area contributed by atoms with E-state index in [0.717, 1.165) is 13.8 Å². The van der Waals surface area contributed by atoms with Gasteiger partial charge in [0.25, 0.3) is 0 Å². The Morgan fingerprint density at radius 1 is 0.682 bits per heavy atom. The second-order valence-corrected chi connectivity index (χ2v) is 11.4. The highest BCUT2D eigenvalue weighted by Gasteiger charge is 2.54. The van der Waals surface area contributed by atoms with Crippen LogP contribution in [0.2, 0.25) is 0 Å². The Morgan fingerprint density at radius 2 is 1.23 bits per heavy atom. The quantitative estimate of drug-likeness (QED) is 0.0912. The monoisotopic (exact) mass is 666 g/mol. The Morgan fingerprint density at radius 3 is 1.77 bits per heavy atom. The maximum absolute atomic E-state index is 12.1. The molecule has 3 heterocycles. The molecule has 0 aliphatic carbocycles. The van der Waals surface area contributed by atoms with Gasteiger partial charge in [0.1, 0.15) is 73.1 Å². The van der Waals surface area contributed by atoms with Crippen LogP contribution in [0.5, 0.6) is 0 Å². The molecule has 3 aliphatic rings. The lowest BCUT2D eigenvalue weighted by molar-refractivity contribution is -0.359. The van der Waals surface area contributed by atoms with E-state index in [4.69, 9.17) is 28.2 Å². The second kappa shape index (κ2) is 15.3. The summed E-state index contributed by atoms with van der Waals surface area (Å²) in [6.45, 7) is -0.603. The second-order valence-electron chi connectivity index (χ2n) is 10.3. The molecule has 3 aliphatic heterocycles. The van der Waals surface area contributed by atoms with Gasteiger partial charge in [-0.15, -0.1) is 0 Å². The smallest absolute Gasteiger partial charge is 0.394 e. The van der Waals surface area contributed by atoms with Gasteiger partial charge in [0.15, 0.2) is 18.9 Å². The summed E-state index contributed by atoms with van der Waals surface area (Å²) in [5.41, 5.74) is 0. The third kappa shape index (κ3) is 8.75. The van der Waals surface area contributed by atoms with Crippen molar-refractivity contribution in [3.05, 3.63) is 0 Å². The van der Waals surface area contributed by atoms with Crippen LogP contribution < -0.4 is 10.6 Å². The van der Waals surface area contributed by atoms with Gasteiger partial charge in [0.2, 0.25) is 11.8 Å². The largest absolute Gasteiger partial charge is 0.397 e. The van der Waals surface area contributed by atoms with Gasteiger partial charge >= 0.3 is 10.4 Å². The van der Waals surface area contributed by atoms with Crippen molar-refractivity contribution in [2.24, 2.45) is 0 Å². The predicted octanol–water partition coefficient (Wildman–Crippen LogP) is -7.46. The third-order valence-electron chi connectivity index (χ3n) is 7.10. The molecule has 15 atom stereocenters. The van der Waals surface area contributed by atoms with E-state index in [1.165, 1.54) is 0 Å². The zero-order chi connectivity index (χ0) is 33.1. The lowest BCUT2D eigenvalue weighted by Crippen LogP contribution is -2.70. The van der Waals surface area contributed by atoms with Gasteiger partial charge < -0.3 is 75.2 Å². The van der Waals surface area contributed by atoms with Crippen LogP contribution in [0.3, 0.4) is 0 Å². The first-order chi connectivity index (χ1) is 20.5. The van der Waals surface area contributed by atoms with Crippen molar-refractivity contribution in [3.63, 3.8) is 0 Å². The number of aliphatic hydroxyl groups is 8. The van der Waals surface area contributed by atoms with Gasteiger partial charge in [-0.05, 0) is 0 Å². The molecular weight excluding hydrogens is 628 g/mol. The van der Waals surface area contributed by atoms with Crippen molar-refractivity contribution in [2.45, 2.75) is 106 Å². The SMILES string of the molecule is CC(=O)N[C@@H]1[C@@H](O[C@@H]2O[C@H](CO)[C@@H](O[C@@H]3O[C@H](COS(=O)(=O)O)[C@H](O)[C@H](O)[C@H]3O)[C@H](O)[C@H]2NC(C)=O)[C@@H](O)[C@@H](CO)O[C@@H]1O. The number of aliphatic hydroxyl groups excluding tert-OH is 8. The van der Waals surface area contributed by atoms with E-state index in [1.54, 1.807) is 0 Å². The molecule has 0 aromatic rings. The van der Waals surface area contributed by atoms with Gasteiger partial charge in [-0.3, -0.25) is 14.1 Å². The summed E-state index contributed by atoms with van der Waals surface area (Å²) in [5.74, 6) is -1.43. The fourth-order valence-corrected chi connectivity index (χ4v) is 5.31. The third-order valence-corrected chi connectivity index (χ3v) is 7.53. The van der Waals surface area contributed by atoms with Crippen molar-refractivity contribution < 1.29 is 91.3 Å². The molecule has 21 nitrogen and oxygen atoms in total. The summed E-state index contributed by atoms with van der Waals surface area (Å²) >= 11 is 0. The number of amides is 2. The van der Waals surface area contributed by atoms with Gasteiger partial charge in [0.05, 0.1) is 19.8 Å². The highest BCUT2D eigenvalue weighted by atomic mass is 32.3. The number of carbonyl (C=O) groups excluding carboxylic acids is 2. The number of hydrogen-bond acceptors (Lipinski definition) is 18. The van der Waals surface area contributed by atoms with Crippen molar-refractivity contribution in [1.29, 1.82) is 0 Å². The fourth-order valence-electron chi connectivity index (χ4n) is 5.00. The zero-order valence-electron chi connectivity index (χ0n) is 23.3. The first-order valence-electron chi connectivity index (χ1n) is 13.2. The molecule has 3 rings (SSSR count). The Bertz CT molecular complexity index is 1080. The number of hydrogen-bond donors (Lipinski definition) is 11. The first kappa shape index (κ1) is 36.8. The van der Waals surface area contributed by atoms with Crippen LogP contribution >= 0.6 is 0 Å². The topological polar surface area (TPSA) is 330 Å². The van der Waals surface area contributed by atoms with Crippen LogP contribution in [0.1, 0.15) is 13.8 Å². The number of nitrogens with one attached hydrogen (secondary N) is 2. The summed E-state index contributed by atoms with van der Waals surface area (Å²) in [6.07, 6.45) is -23.0. The summed E-state index contributed by atoms with van der Waals surface area (Å²) in [5, 5.41) is 87.6. The standard InChI is InChI=1S/C22H38N2O19S/c1-6(27)23-11-15(31)18(42-22-17(33)16(32)13(29)10(41-22)5-38-44(35,36)37)9(4-26)40-21(11)43-19-12(24-7(2)28)20(34)39-8(3-25)14(19)30/h8-22,25-26,29-34H,3-5H2,1-2H3,(H,23,27)(H,24,28)(H,35,36,37)/t8-,9-,10-,11-,12-,13+,14+,15-,16+,17-,18-,19-,20+,21+,22+/m1/s1. The molecule has 0 saturated carbocycles. The molecule has 11 N–H and O–H groups in total. The molecular formula is C22H38N2O19S. The Kier molecular flexibility index (Phi) is 12.7. The predicted molar refractivity (Wildman–Crippen MR) is 135 cm³/mol. The van der Waals surface area contributed by atoms with Crippen molar-refractivity contribution >= 4 is 22.2 Å². The molecule has 0 aromatic carbocycles. The van der Waals surface area contributed by atoms with E-state index in [1.807, 2.05) is 0 Å². The van der Waals surface area contributed by atoms with Crippen molar-refractivity contribution in [1.82, 2.24) is 10.6 Å². The lowest BCUT2D eigenvalue weighted by Gasteiger charge is -2.49. The van der Waals surface area contributed by atoms with Crippen molar-refractivity contribution in [3.8, 4) is 0 Å². The van der Waals surface area contributed by atoms with Gasteiger partial charge in [-0.25, -0.2) is 4.18 Å². The van der Waals surface area contributed by atoms with E-state index in [-0.39, 0.29) is 0 Å². The zero-order valence-corrected chi connectivity index (χ0v) is 24.1.